The highest BCUT2D eigenvalue weighted by Crippen LogP contribution is 2.36. The molecule has 1 atom stereocenters. The van der Waals surface area contributed by atoms with Crippen LogP contribution in [0.25, 0.3) is 0 Å². The van der Waals surface area contributed by atoms with Gasteiger partial charge in [-0.2, -0.15) is 0 Å². The summed E-state index contributed by atoms with van der Waals surface area (Å²) in [5.41, 5.74) is 2.94. The Kier molecular flexibility index (Phi) is 8.99. The fourth-order valence-electron chi connectivity index (χ4n) is 3.90. The number of anilines is 1. The Morgan fingerprint density at radius 1 is 1.05 bits per heavy atom. The van der Waals surface area contributed by atoms with Crippen molar-refractivity contribution in [2.24, 2.45) is 0 Å². The predicted octanol–water partition coefficient (Wildman–Crippen LogP) is 6.65. The highest BCUT2D eigenvalue weighted by atomic mass is 35.5. The van der Waals surface area contributed by atoms with E-state index >= 15 is 0 Å². The first-order valence-corrected chi connectivity index (χ1v) is 13.3. The lowest BCUT2D eigenvalue weighted by Crippen LogP contribution is -2.15. The maximum Gasteiger partial charge on any atom is 0.348 e. The van der Waals surface area contributed by atoms with Crippen LogP contribution in [0, 0.1) is 6.92 Å². The maximum atomic E-state index is 13.3. The number of phenolic OH excluding ortho intramolecular Hbond substituents is 1. The SMILES string of the molecule is COc1ccc([C@H](Cc2c(Cl)c[nH+]cc2Cl)OC(=O)c2ccc(CNc3cccc(O)c3C)s2)cc1OC. The first kappa shape index (κ1) is 27.6. The molecule has 0 unspecified atom stereocenters. The number of H-pyrrole nitrogens is 1. The molecular formula is C28H27Cl2N2O5S+. The van der Waals surface area contributed by atoms with Crippen molar-refractivity contribution in [2.45, 2.75) is 26.0 Å². The molecule has 0 aliphatic rings. The van der Waals surface area contributed by atoms with Gasteiger partial charge in [-0.1, -0.05) is 35.3 Å². The van der Waals surface area contributed by atoms with Gasteiger partial charge in [-0.3, -0.25) is 0 Å². The molecule has 0 radical (unpaired) electrons. The third-order valence-corrected chi connectivity index (χ3v) is 7.78. The molecule has 2 heterocycles. The van der Waals surface area contributed by atoms with Crippen molar-refractivity contribution >= 4 is 46.2 Å². The maximum absolute atomic E-state index is 13.3. The summed E-state index contributed by atoms with van der Waals surface area (Å²) in [5.74, 6) is 0.827. The van der Waals surface area contributed by atoms with Crippen molar-refractivity contribution < 1.29 is 29.1 Å². The molecule has 4 aromatic rings. The molecule has 4 rings (SSSR count). The fourth-order valence-corrected chi connectivity index (χ4v) is 5.27. The van der Waals surface area contributed by atoms with E-state index in [1.54, 1.807) is 56.9 Å². The number of esters is 1. The Hall–Kier alpha value is -3.46. The third kappa shape index (κ3) is 6.32. The molecule has 0 bridgehead atoms. The summed E-state index contributed by atoms with van der Waals surface area (Å²) >= 11 is 14.2. The predicted molar refractivity (Wildman–Crippen MR) is 149 cm³/mol. The van der Waals surface area contributed by atoms with Crippen molar-refractivity contribution in [1.29, 1.82) is 0 Å². The Balaban J connectivity index is 1.56. The van der Waals surface area contributed by atoms with Crippen LogP contribution in [0.5, 0.6) is 17.2 Å². The van der Waals surface area contributed by atoms with Crippen LogP contribution in [0.15, 0.2) is 60.9 Å². The van der Waals surface area contributed by atoms with Crippen LogP contribution in [-0.2, 0) is 17.7 Å². The number of carbonyl (C=O) groups excluding carboxylic acids is 1. The summed E-state index contributed by atoms with van der Waals surface area (Å²) in [7, 11) is 3.10. The van der Waals surface area contributed by atoms with Gasteiger partial charge in [0, 0.05) is 34.7 Å². The highest BCUT2D eigenvalue weighted by molar-refractivity contribution is 7.13. The lowest BCUT2D eigenvalue weighted by atomic mass is 10.0. The van der Waals surface area contributed by atoms with Crippen LogP contribution in [0.3, 0.4) is 0 Å². The van der Waals surface area contributed by atoms with Gasteiger partial charge in [-0.15, -0.1) is 11.3 Å². The van der Waals surface area contributed by atoms with Gasteiger partial charge in [0.05, 0.1) is 14.2 Å². The number of methoxy groups -OCH3 is 2. The molecule has 0 amide bonds. The van der Waals surface area contributed by atoms with Crippen LogP contribution in [0.1, 0.15) is 37.3 Å². The van der Waals surface area contributed by atoms with E-state index in [0.29, 0.717) is 44.1 Å². The minimum Gasteiger partial charge on any atom is -0.508 e. The normalized spacial score (nSPS) is 11.6. The number of aromatic amines is 1. The van der Waals surface area contributed by atoms with Gasteiger partial charge >= 0.3 is 5.97 Å². The number of thiophene rings is 1. The van der Waals surface area contributed by atoms with Crippen LogP contribution in [0.2, 0.25) is 10.0 Å². The second-order valence-corrected chi connectivity index (χ2v) is 10.4. The van der Waals surface area contributed by atoms with Crippen LogP contribution in [-0.4, -0.2) is 25.3 Å². The Bertz CT molecular complexity index is 1420. The zero-order chi connectivity index (χ0) is 27.2. The average molecular weight is 575 g/mol. The lowest BCUT2D eigenvalue weighted by molar-refractivity contribution is -0.377. The molecule has 0 aliphatic carbocycles. The molecule has 0 saturated heterocycles. The molecule has 0 saturated carbocycles. The molecule has 2 aromatic heterocycles. The molecule has 2 aromatic carbocycles. The molecule has 3 N–H and O–H groups in total. The number of nitrogens with one attached hydrogen (secondary N) is 2. The van der Waals surface area contributed by atoms with Gasteiger partial charge in [0.25, 0.3) is 0 Å². The summed E-state index contributed by atoms with van der Waals surface area (Å²) in [6.07, 6.45) is 2.81. The van der Waals surface area contributed by atoms with Crippen molar-refractivity contribution in [3.05, 3.63) is 97.4 Å². The molecule has 10 heteroatoms. The van der Waals surface area contributed by atoms with E-state index < -0.39 is 12.1 Å². The largest absolute Gasteiger partial charge is 0.508 e. The van der Waals surface area contributed by atoms with Crippen molar-refractivity contribution in [3.63, 3.8) is 0 Å². The zero-order valence-corrected chi connectivity index (χ0v) is 23.3. The number of pyridine rings is 1. The smallest absolute Gasteiger partial charge is 0.348 e. The Morgan fingerprint density at radius 2 is 1.79 bits per heavy atom. The fraction of sp³-hybridized carbons (Fsp3) is 0.214. The monoisotopic (exact) mass is 573 g/mol. The Labute approximate surface area is 234 Å². The van der Waals surface area contributed by atoms with Crippen LogP contribution in [0.4, 0.5) is 5.69 Å². The second kappa shape index (κ2) is 12.4. The molecule has 0 spiro atoms. The first-order chi connectivity index (χ1) is 18.3. The first-order valence-electron chi connectivity index (χ1n) is 11.7. The number of benzene rings is 2. The topological polar surface area (TPSA) is 91.2 Å². The van der Waals surface area contributed by atoms with Gasteiger partial charge in [-0.05, 0) is 48.9 Å². The summed E-state index contributed by atoms with van der Waals surface area (Å²) in [6.45, 7) is 2.33. The van der Waals surface area contributed by atoms with E-state index in [9.17, 15) is 9.90 Å². The number of ether oxygens (including phenoxy) is 3. The average Bonchev–Trinajstić information content (AvgIpc) is 3.40. The minimum atomic E-state index is -0.696. The number of aromatic nitrogens is 1. The number of hydrogen-bond acceptors (Lipinski definition) is 7. The van der Waals surface area contributed by atoms with Gasteiger partial charge in [0.2, 0.25) is 0 Å². The number of phenols is 1. The van der Waals surface area contributed by atoms with Gasteiger partial charge in [-0.25, -0.2) is 9.78 Å². The van der Waals surface area contributed by atoms with Gasteiger partial charge < -0.3 is 24.6 Å². The van der Waals surface area contributed by atoms with E-state index in [0.717, 1.165) is 16.1 Å². The molecule has 0 aliphatic heterocycles. The number of rotatable bonds is 10. The molecule has 0 fully saturated rings. The van der Waals surface area contributed by atoms with Crippen molar-refractivity contribution in [3.8, 4) is 17.2 Å². The van der Waals surface area contributed by atoms with Crippen LogP contribution < -0.4 is 19.8 Å². The third-order valence-electron chi connectivity index (χ3n) is 6.04. The van der Waals surface area contributed by atoms with Gasteiger partial charge in [0.1, 0.15) is 26.8 Å². The Morgan fingerprint density at radius 3 is 2.50 bits per heavy atom. The molecular weight excluding hydrogens is 547 g/mol. The van der Waals surface area contributed by atoms with E-state index in [-0.39, 0.29) is 12.2 Å². The van der Waals surface area contributed by atoms with Gasteiger partial charge in [0.15, 0.2) is 23.9 Å². The lowest BCUT2D eigenvalue weighted by Gasteiger charge is -2.20. The van der Waals surface area contributed by atoms with Crippen molar-refractivity contribution in [2.75, 3.05) is 19.5 Å². The molecule has 198 valence electrons. The van der Waals surface area contributed by atoms with E-state index in [1.807, 2.05) is 25.1 Å². The standard InChI is InChI=1S/C28H26Cl2N2O5S/c1-16-22(5-4-6-23(16)33)32-13-18-8-10-27(38-18)28(34)37-25(12-19-20(29)14-31-15-21(19)30)17-7-9-24(35-2)26(11-17)36-3/h4-11,14-15,25,32-33H,12-13H2,1-3H3/p+1/t25-/m0/s1. The van der Waals surface area contributed by atoms with E-state index in [2.05, 4.69) is 10.3 Å². The number of hydrogen-bond donors (Lipinski definition) is 2. The highest BCUT2D eigenvalue weighted by Gasteiger charge is 2.24. The molecule has 38 heavy (non-hydrogen) atoms. The summed E-state index contributed by atoms with van der Waals surface area (Å²) in [5, 5.41) is 14.1. The number of aromatic hydroxyl groups is 1. The van der Waals surface area contributed by atoms with Crippen LogP contribution >= 0.6 is 34.5 Å². The summed E-state index contributed by atoms with van der Waals surface area (Å²) in [6, 6.07) is 14.3. The van der Waals surface area contributed by atoms with E-state index in [1.165, 1.54) is 11.3 Å². The zero-order valence-electron chi connectivity index (χ0n) is 21.0. The quantitative estimate of drug-likeness (QED) is 0.206. The minimum absolute atomic E-state index is 0.225. The second-order valence-electron chi connectivity index (χ2n) is 8.41. The van der Waals surface area contributed by atoms with E-state index in [4.69, 9.17) is 37.4 Å². The summed E-state index contributed by atoms with van der Waals surface area (Å²) < 4.78 is 16.8. The number of carbonyl (C=O) groups is 1. The van der Waals surface area contributed by atoms with Crippen molar-refractivity contribution in [1.82, 2.24) is 0 Å². The number of halogens is 2. The molecule has 7 nitrogen and oxygen atoms in total. The summed E-state index contributed by atoms with van der Waals surface area (Å²) in [4.78, 5) is 17.5.